The van der Waals surface area contributed by atoms with Gasteiger partial charge in [-0.3, -0.25) is 0 Å². The predicted octanol–water partition coefficient (Wildman–Crippen LogP) is 10.2. The van der Waals surface area contributed by atoms with Crippen molar-refractivity contribution in [3.63, 3.8) is 0 Å². The Bertz CT molecular complexity index is 695. The van der Waals surface area contributed by atoms with Crippen molar-refractivity contribution in [2.75, 3.05) is 25.1 Å². The average Bonchev–Trinajstić information content (AvgIpc) is 2.90. The van der Waals surface area contributed by atoms with Crippen LogP contribution >= 0.6 is 14.7 Å². The SMILES string of the molecule is CCCCCCCCCCCCCCCCCCOP(=O)(O)OP(CC)(CC)(CC)c1ccccc1. The first-order valence-corrected chi connectivity index (χ1v) is 19.3. The Balaban J connectivity index is 2.18. The van der Waals surface area contributed by atoms with Crippen molar-refractivity contribution in [3.05, 3.63) is 30.3 Å². The van der Waals surface area contributed by atoms with Crippen LogP contribution < -0.4 is 5.30 Å². The molecule has 0 fully saturated rings. The number of rotatable bonds is 24. The van der Waals surface area contributed by atoms with Crippen molar-refractivity contribution in [1.82, 2.24) is 0 Å². The van der Waals surface area contributed by atoms with Crippen molar-refractivity contribution in [2.24, 2.45) is 0 Å². The minimum absolute atomic E-state index is 0.282. The topological polar surface area (TPSA) is 55.8 Å². The van der Waals surface area contributed by atoms with E-state index in [-0.39, 0.29) is 6.61 Å². The maximum absolute atomic E-state index is 13.0. The van der Waals surface area contributed by atoms with Gasteiger partial charge in [0, 0.05) is 0 Å². The molecule has 0 aliphatic carbocycles. The van der Waals surface area contributed by atoms with Crippen LogP contribution in [0.3, 0.4) is 0 Å². The molecule has 0 aliphatic heterocycles. The number of unbranched alkanes of at least 4 members (excludes halogenated alkanes) is 15. The number of phosphoric acid groups is 1. The molecule has 0 amide bonds. The molecule has 4 nitrogen and oxygen atoms in total. The number of hydrogen-bond acceptors (Lipinski definition) is 3. The molecule has 0 bridgehead atoms. The van der Waals surface area contributed by atoms with Gasteiger partial charge in [-0.15, -0.1) is 0 Å². The third-order valence-corrected chi connectivity index (χ3v) is 17.2. The zero-order valence-corrected chi connectivity index (χ0v) is 25.9. The van der Waals surface area contributed by atoms with E-state index in [1.54, 1.807) is 0 Å². The quantitative estimate of drug-likeness (QED) is 0.104. The summed E-state index contributed by atoms with van der Waals surface area (Å²) < 4.78 is 24.7. The Kier molecular flexibility index (Phi) is 17.8. The summed E-state index contributed by atoms with van der Waals surface area (Å²) in [7, 11) is -4.13. The molecule has 0 saturated heterocycles. The molecule has 0 radical (unpaired) electrons. The summed E-state index contributed by atoms with van der Waals surface area (Å²) >= 11 is 0. The van der Waals surface area contributed by atoms with Crippen LogP contribution in [0.1, 0.15) is 130 Å². The first kappa shape index (κ1) is 33.8. The summed E-state index contributed by atoms with van der Waals surface area (Å²) in [5.41, 5.74) is 0. The molecule has 0 aromatic heterocycles. The number of phosphoric ester groups is 1. The molecule has 0 aliphatic rings. The van der Waals surface area contributed by atoms with Gasteiger partial charge in [0.15, 0.2) is 0 Å². The van der Waals surface area contributed by atoms with Crippen LogP contribution in [0.25, 0.3) is 0 Å². The van der Waals surface area contributed by atoms with Crippen molar-refractivity contribution < 1.29 is 18.3 Å². The maximum atomic E-state index is 13.0. The summed E-state index contributed by atoms with van der Waals surface area (Å²) in [5.74, 6) is 0. The van der Waals surface area contributed by atoms with Gasteiger partial charge >= 0.3 is 166 Å². The summed E-state index contributed by atoms with van der Waals surface area (Å²) in [6.45, 7) is 5.77. The van der Waals surface area contributed by atoms with Gasteiger partial charge in [0.05, 0.1) is 0 Å². The first-order chi connectivity index (χ1) is 17.4. The van der Waals surface area contributed by atoms with Crippen LogP contribution in [0.5, 0.6) is 0 Å². The molecule has 1 atom stereocenters. The molecule has 0 heterocycles. The van der Waals surface area contributed by atoms with E-state index >= 15 is 0 Å². The molecule has 1 rings (SSSR count). The summed E-state index contributed by atoms with van der Waals surface area (Å²) in [6, 6.07) is 10.0. The van der Waals surface area contributed by atoms with Gasteiger partial charge in [-0.25, -0.2) is 0 Å². The van der Waals surface area contributed by atoms with Crippen LogP contribution in [0.4, 0.5) is 0 Å². The van der Waals surface area contributed by atoms with Crippen molar-refractivity contribution >= 4 is 20.0 Å². The third-order valence-electron chi connectivity index (χ3n) is 8.18. The molecular formula is C30H58O4P2. The summed E-state index contributed by atoms with van der Waals surface area (Å²) in [5, 5.41) is 1.07. The van der Waals surface area contributed by atoms with E-state index in [1.807, 2.05) is 30.3 Å². The van der Waals surface area contributed by atoms with E-state index < -0.39 is 14.7 Å². The fourth-order valence-corrected chi connectivity index (χ4v) is 13.2. The standard InChI is InChI=1S/C30H58O4P2/c1-5-9-10-11-12-13-14-15-16-17-18-19-20-21-22-26-29-33-35(31,32)34-36(6-2,7-3,8-4)30-27-24-23-25-28-30/h23-25,27-28H,5-22,26,29H2,1-4H3,(H,31,32). The number of benzene rings is 1. The Hall–Kier alpha value is -0.240. The van der Waals surface area contributed by atoms with Crippen LogP contribution in [0.15, 0.2) is 30.3 Å². The molecule has 1 N–H and O–H groups in total. The first-order valence-electron chi connectivity index (χ1n) is 15.1. The van der Waals surface area contributed by atoms with Crippen LogP contribution in [-0.4, -0.2) is 30.0 Å². The molecule has 212 valence electrons. The predicted molar refractivity (Wildman–Crippen MR) is 161 cm³/mol. The van der Waals surface area contributed by atoms with E-state index in [1.165, 1.54) is 89.9 Å². The number of hydrogen-bond donors (Lipinski definition) is 1. The normalized spacial score (nSPS) is 14.9. The van der Waals surface area contributed by atoms with E-state index in [9.17, 15) is 9.46 Å². The minimum atomic E-state index is -4.13. The second kappa shape index (κ2) is 18.9. The summed E-state index contributed by atoms with van der Waals surface area (Å²) in [4.78, 5) is 10.6. The van der Waals surface area contributed by atoms with E-state index in [0.717, 1.165) is 36.6 Å². The fraction of sp³-hybridized carbons (Fsp3) is 0.800. The Morgan fingerprint density at radius 2 is 1.03 bits per heavy atom. The molecule has 1 aromatic carbocycles. The molecule has 1 aromatic rings. The zero-order valence-electron chi connectivity index (χ0n) is 24.1. The van der Waals surface area contributed by atoms with Crippen LogP contribution in [0, 0.1) is 0 Å². The molecule has 0 spiro atoms. The molecule has 36 heavy (non-hydrogen) atoms. The van der Waals surface area contributed by atoms with Crippen LogP contribution in [-0.2, 0) is 13.4 Å². The van der Waals surface area contributed by atoms with Gasteiger partial charge in [-0.2, -0.15) is 0 Å². The van der Waals surface area contributed by atoms with Gasteiger partial charge < -0.3 is 0 Å². The zero-order chi connectivity index (χ0) is 26.6. The van der Waals surface area contributed by atoms with E-state index in [2.05, 4.69) is 27.7 Å². The fourth-order valence-electron chi connectivity index (χ4n) is 5.37. The summed E-state index contributed by atoms with van der Waals surface area (Å²) in [6.07, 6.45) is 23.1. The Morgan fingerprint density at radius 1 is 0.639 bits per heavy atom. The van der Waals surface area contributed by atoms with Crippen LogP contribution in [0.2, 0.25) is 0 Å². The van der Waals surface area contributed by atoms with Crippen molar-refractivity contribution in [2.45, 2.75) is 130 Å². The van der Waals surface area contributed by atoms with Gasteiger partial charge in [0.25, 0.3) is 0 Å². The molecule has 0 saturated carbocycles. The molecule has 6 heteroatoms. The van der Waals surface area contributed by atoms with E-state index in [4.69, 9.17) is 8.83 Å². The second-order valence-electron chi connectivity index (χ2n) is 10.6. The van der Waals surface area contributed by atoms with E-state index in [0.29, 0.717) is 0 Å². The van der Waals surface area contributed by atoms with Gasteiger partial charge in [-0.1, -0.05) is 58.3 Å². The molecular weight excluding hydrogens is 486 g/mol. The van der Waals surface area contributed by atoms with Gasteiger partial charge in [0.2, 0.25) is 0 Å². The monoisotopic (exact) mass is 544 g/mol. The van der Waals surface area contributed by atoms with Crippen molar-refractivity contribution in [1.29, 1.82) is 0 Å². The van der Waals surface area contributed by atoms with Gasteiger partial charge in [-0.05, 0) is 0 Å². The Morgan fingerprint density at radius 3 is 1.42 bits per heavy atom. The third kappa shape index (κ3) is 12.1. The average molecular weight is 545 g/mol. The molecule has 1 unspecified atom stereocenters. The Labute approximate surface area is 224 Å². The van der Waals surface area contributed by atoms with Gasteiger partial charge in [0.1, 0.15) is 0 Å². The van der Waals surface area contributed by atoms with Crippen molar-refractivity contribution in [3.8, 4) is 0 Å². The second-order valence-corrected chi connectivity index (χ2v) is 18.1.